The smallest absolute Gasteiger partial charge is 0.162 e. The summed E-state index contributed by atoms with van der Waals surface area (Å²) >= 11 is 6.27. The van der Waals surface area contributed by atoms with E-state index in [2.05, 4.69) is 32.8 Å². The summed E-state index contributed by atoms with van der Waals surface area (Å²) in [7, 11) is -2.40. The molecule has 0 aromatic rings. The highest BCUT2D eigenvalue weighted by Crippen LogP contribution is 2.23. The highest BCUT2D eigenvalue weighted by Gasteiger charge is 2.23. The maximum absolute atomic E-state index is 6.27. The van der Waals surface area contributed by atoms with Gasteiger partial charge in [0, 0.05) is 8.07 Å². The molecule has 66 valence electrons. The Morgan fingerprint density at radius 3 is 1.91 bits per heavy atom. The third kappa shape index (κ3) is 6.85. The molecule has 0 aliphatic rings. The van der Waals surface area contributed by atoms with Crippen LogP contribution in [0.5, 0.6) is 0 Å². The molecule has 1 atom stereocenters. The van der Waals surface area contributed by atoms with Crippen molar-refractivity contribution in [1.29, 1.82) is 0 Å². The Labute approximate surface area is 77.4 Å². The average Bonchev–Trinajstić information content (AvgIpc) is 1.83. The van der Waals surface area contributed by atoms with Crippen molar-refractivity contribution in [1.82, 2.24) is 0 Å². The zero-order chi connectivity index (χ0) is 9.12. The lowest BCUT2D eigenvalue weighted by molar-refractivity contribution is 1.31. The van der Waals surface area contributed by atoms with Crippen molar-refractivity contribution >= 4 is 26.5 Å². The molecule has 0 saturated heterocycles. The van der Waals surface area contributed by atoms with Gasteiger partial charge in [-0.25, -0.2) is 0 Å². The fourth-order valence-electron chi connectivity index (χ4n) is 0.721. The molecule has 0 spiro atoms. The summed E-state index contributed by atoms with van der Waals surface area (Å²) in [5, 5.41) is 0. The van der Waals surface area contributed by atoms with Gasteiger partial charge in [0.05, 0.1) is 0 Å². The largest absolute Gasteiger partial charge is 0.175 e. The highest BCUT2D eigenvalue weighted by molar-refractivity contribution is 7.22. The van der Waals surface area contributed by atoms with E-state index in [0.717, 1.165) is 0 Å². The van der Waals surface area contributed by atoms with Gasteiger partial charge < -0.3 is 0 Å². The second-order valence-corrected chi connectivity index (χ2v) is 16.2. The average molecular weight is 207 g/mol. The molecule has 0 rings (SSSR count). The summed E-state index contributed by atoms with van der Waals surface area (Å²) in [6.45, 7) is 13.1. The van der Waals surface area contributed by atoms with E-state index in [-0.39, 0.29) is 0 Å². The maximum atomic E-state index is 6.27. The summed E-state index contributed by atoms with van der Waals surface area (Å²) in [5.41, 5.74) is 1.98. The van der Waals surface area contributed by atoms with Gasteiger partial charge in [0.2, 0.25) is 0 Å². The van der Waals surface area contributed by atoms with Crippen LogP contribution in [0.2, 0.25) is 38.3 Å². The Kier molecular flexibility index (Phi) is 4.08. The van der Waals surface area contributed by atoms with E-state index in [1.165, 1.54) is 12.1 Å². The number of hydrogen-bond donors (Lipinski definition) is 0. The van der Waals surface area contributed by atoms with Crippen LogP contribution in [0.1, 0.15) is 0 Å². The summed E-state index contributed by atoms with van der Waals surface area (Å²) in [6.07, 6.45) is 0. The summed E-state index contributed by atoms with van der Waals surface area (Å²) in [5.74, 6) is 0. The van der Waals surface area contributed by atoms with Crippen molar-refractivity contribution in [2.24, 2.45) is 0 Å². The van der Waals surface area contributed by atoms with Crippen LogP contribution < -0.4 is 0 Å². The van der Waals surface area contributed by atoms with Gasteiger partial charge in [-0.2, -0.15) is 11.1 Å². The minimum absolute atomic E-state index is 0.881. The van der Waals surface area contributed by atoms with Crippen LogP contribution >= 0.6 is 11.1 Å². The lowest BCUT2D eigenvalue weighted by atomic mass is 10.9. The first-order valence-corrected chi connectivity index (χ1v) is 11.6. The molecule has 0 bridgehead atoms. The molecule has 0 aliphatic heterocycles. The molecule has 0 aromatic carbocycles. The van der Waals surface area contributed by atoms with E-state index < -0.39 is 15.5 Å². The zero-order valence-electron chi connectivity index (χ0n) is 8.08. The summed E-state index contributed by atoms with van der Waals surface area (Å²) in [6, 6.07) is 2.54. The molecule has 0 fully saturated rings. The molecular weight excluding hydrogens is 188 g/mol. The topological polar surface area (TPSA) is 0 Å². The molecule has 0 radical (unpaired) electrons. The van der Waals surface area contributed by atoms with Crippen LogP contribution in [0.3, 0.4) is 0 Å². The number of halogens is 1. The van der Waals surface area contributed by atoms with Crippen molar-refractivity contribution in [3.8, 4) is 0 Å². The van der Waals surface area contributed by atoms with E-state index in [9.17, 15) is 0 Å². The standard InChI is InChI=1S/C8H19ClSi2/c1-6-11(5,9)8-7-10(2,3)4/h6H,1,7-8H2,2-5H3. The minimum Gasteiger partial charge on any atom is -0.162 e. The van der Waals surface area contributed by atoms with Gasteiger partial charge in [0.1, 0.15) is 0 Å². The van der Waals surface area contributed by atoms with Crippen LogP contribution in [0, 0.1) is 0 Å². The van der Waals surface area contributed by atoms with E-state index >= 15 is 0 Å². The van der Waals surface area contributed by atoms with Crippen molar-refractivity contribution in [2.75, 3.05) is 0 Å². The van der Waals surface area contributed by atoms with Gasteiger partial charge in [-0.1, -0.05) is 37.9 Å². The molecule has 0 saturated carbocycles. The second-order valence-electron chi connectivity index (χ2n) is 4.54. The van der Waals surface area contributed by atoms with E-state index in [1.807, 2.05) is 5.70 Å². The first-order valence-electron chi connectivity index (χ1n) is 4.09. The predicted octanol–water partition coefficient (Wildman–Crippen LogP) is 3.86. The molecule has 0 heterocycles. The van der Waals surface area contributed by atoms with Crippen molar-refractivity contribution in [3.63, 3.8) is 0 Å². The van der Waals surface area contributed by atoms with Crippen LogP contribution in [0.4, 0.5) is 0 Å². The Balaban J connectivity index is 3.79. The van der Waals surface area contributed by atoms with Crippen LogP contribution in [-0.4, -0.2) is 15.5 Å². The molecule has 3 heteroatoms. The lowest BCUT2D eigenvalue weighted by Crippen LogP contribution is -2.26. The quantitative estimate of drug-likeness (QED) is 0.484. The number of rotatable bonds is 4. The molecule has 0 aliphatic carbocycles. The normalized spacial score (nSPS) is 17.5. The van der Waals surface area contributed by atoms with Gasteiger partial charge in [0.25, 0.3) is 0 Å². The van der Waals surface area contributed by atoms with Gasteiger partial charge >= 0.3 is 0 Å². The van der Waals surface area contributed by atoms with Crippen molar-refractivity contribution in [2.45, 2.75) is 38.3 Å². The zero-order valence-corrected chi connectivity index (χ0v) is 10.8. The van der Waals surface area contributed by atoms with Gasteiger partial charge in [0.15, 0.2) is 7.38 Å². The molecule has 0 amide bonds. The van der Waals surface area contributed by atoms with E-state index in [1.54, 1.807) is 0 Å². The molecule has 0 N–H and O–H groups in total. The van der Waals surface area contributed by atoms with Crippen molar-refractivity contribution < 1.29 is 0 Å². The Hall–Kier alpha value is 0.464. The Morgan fingerprint density at radius 2 is 1.64 bits per heavy atom. The Bertz CT molecular complexity index is 136. The first-order chi connectivity index (χ1) is 4.77. The third-order valence-electron chi connectivity index (χ3n) is 1.79. The fourth-order valence-corrected chi connectivity index (χ4v) is 6.73. The van der Waals surface area contributed by atoms with Gasteiger partial charge in [-0.05, 0) is 6.04 Å². The molecular formula is C8H19ClSi2. The van der Waals surface area contributed by atoms with E-state index in [4.69, 9.17) is 11.1 Å². The summed E-state index contributed by atoms with van der Waals surface area (Å²) < 4.78 is 0. The SMILES string of the molecule is C=C[Si](C)(Cl)CC[Si](C)(C)C. The predicted molar refractivity (Wildman–Crippen MR) is 60.6 cm³/mol. The minimum atomic E-state index is -1.52. The lowest BCUT2D eigenvalue weighted by Gasteiger charge is -2.20. The molecule has 0 aromatic heterocycles. The molecule has 0 nitrogen and oxygen atoms in total. The monoisotopic (exact) mass is 206 g/mol. The number of hydrogen-bond acceptors (Lipinski definition) is 0. The maximum Gasteiger partial charge on any atom is 0.175 e. The third-order valence-corrected chi connectivity index (χ3v) is 7.15. The Morgan fingerprint density at radius 1 is 1.18 bits per heavy atom. The summed E-state index contributed by atoms with van der Waals surface area (Å²) in [4.78, 5) is 0. The van der Waals surface area contributed by atoms with Crippen LogP contribution in [0.15, 0.2) is 12.3 Å². The van der Waals surface area contributed by atoms with Crippen molar-refractivity contribution in [3.05, 3.63) is 12.3 Å². The van der Waals surface area contributed by atoms with E-state index in [0.29, 0.717) is 0 Å². The first kappa shape index (κ1) is 11.5. The van der Waals surface area contributed by atoms with Gasteiger partial charge in [-0.3, -0.25) is 0 Å². The highest BCUT2D eigenvalue weighted by atomic mass is 35.6. The van der Waals surface area contributed by atoms with Crippen LogP contribution in [0.25, 0.3) is 0 Å². The van der Waals surface area contributed by atoms with Gasteiger partial charge in [-0.15, -0.1) is 6.58 Å². The molecule has 1 unspecified atom stereocenters. The fraction of sp³-hybridized carbons (Fsp3) is 0.750. The molecule has 11 heavy (non-hydrogen) atoms. The van der Waals surface area contributed by atoms with Crippen LogP contribution in [-0.2, 0) is 0 Å². The second kappa shape index (κ2) is 3.92.